The topological polar surface area (TPSA) is 87.7 Å². The van der Waals surface area contributed by atoms with Gasteiger partial charge in [-0.1, -0.05) is 70.7 Å². The van der Waals surface area contributed by atoms with Gasteiger partial charge in [0.1, 0.15) is 17.7 Å². The molecule has 4 atom stereocenters. The van der Waals surface area contributed by atoms with Crippen LogP contribution in [-0.2, 0) is 14.3 Å². The minimum atomic E-state index is -0.815. The lowest BCUT2D eigenvalue weighted by molar-refractivity contribution is -0.143. The average molecular weight is 518 g/mol. The molecule has 1 rings (SSSR count). The molecule has 0 heterocycles. The summed E-state index contributed by atoms with van der Waals surface area (Å²) in [7, 11) is 0. The molecular weight excluding hydrogens is 466 g/mol. The van der Waals surface area contributed by atoms with E-state index in [4.69, 9.17) is 4.74 Å². The van der Waals surface area contributed by atoms with Crippen molar-refractivity contribution < 1.29 is 19.1 Å². The average Bonchev–Trinajstić information content (AvgIpc) is 2.80. The van der Waals surface area contributed by atoms with E-state index in [1.165, 1.54) is 0 Å². The lowest BCUT2D eigenvalue weighted by atomic mass is 9.93. The van der Waals surface area contributed by atoms with E-state index in [9.17, 15) is 14.4 Å². The van der Waals surface area contributed by atoms with Gasteiger partial charge in [-0.25, -0.2) is 4.79 Å². The number of aryl methyl sites for hydroxylation is 2. The van der Waals surface area contributed by atoms with Gasteiger partial charge < -0.3 is 20.3 Å². The summed E-state index contributed by atoms with van der Waals surface area (Å²) in [5.41, 5.74) is 2.09. The highest BCUT2D eigenvalue weighted by atomic mass is 16.6. The Bertz CT molecular complexity index is 893. The molecule has 37 heavy (non-hydrogen) atoms. The van der Waals surface area contributed by atoms with Gasteiger partial charge in [-0.2, -0.15) is 0 Å². The Hall–Kier alpha value is -2.57. The minimum Gasteiger partial charge on any atom is -0.444 e. The van der Waals surface area contributed by atoms with Crippen LogP contribution < -0.4 is 10.6 Å². The van der Waals surface area contributed by atoms with Gasteiger partial charge in [-0.05, 0) is 71.4 Å². The summed E-state index contributed by atoms with van der Waals surface area (Å²) in [6.07, 6.45) is 3.45. The maximum Gasteiger partial charge on any atom is 0.408 e. The predicted molar refractivity (Wildman–Crippen MR) is 150 cm³/mol. The van der Waals surface area contributed by atoms with Gasteiger partial charge >= 0.3 is 6.09 Å². The molecule has 7 nitrogen and oxygen atoms in total. The van der Waals surface area contributed by atoms with E-state index in [0.717, 1.165) is 42.4 Å². The lowest BCUT2D eigenvalue weighted by Gasteiger charge is -2.37. The Morgan fingerprint density at radius 2 is 1.65 bits per heavy atom. The first-order valence-electron chi connectivity index (χ1n) is 13.9. The highest BCUT2D eigenvalue weighted by Gasteiger charge is 2.38. The molecule has 7 heteroatoms. The molecule has 210 valence electrons. The van der Waals surface area contributed by atoms with Crippen LogP contribution in [0.4, 0.5) is 4.79 Å². The number of unbranched alkanes of at least 4 members (excludes halogenated alkanes) is 1. The molecule has 0 spiro atoms. The zero-order chi connectivity index (χ0) is 28.3. The Morgan fingerprint density at radius 3 is 2.19 bits per heavy atom. The van der Waals surface area contributed by atoms with Gasteiger partial charge in [0.2, 0.25) is 11.8 Å². The van der Waals surface area contributed by atoms with Crippen LogP contribution in [0.25, 0.3) is 0 Å². The van der Waals surface area contributed by atoms with Crippen LogP contribution in [0.3, 0.4) is 0 Å². The molecule has 0 saturated heterocycles. The van der Waals surface area contributed by atoms with Crippen molar-refractivity contribution >= 4 is 17.9 Å². The molecule has 0 aromatic heterocycles. The molecule has 0 radical (unpaired) electrons. The second kappa shape index (κ2) is 15.0. The van der Waals surface area contributed by atoms with Crippen molar-refractivity contribution in [1.29, 1.82) is 0 Å². The summed E-state index contributed by atoms with van der Waals surface area (Å²) in [6, 6.07) is 4.37. The molecule has 0 aliphatic rings. The van der Waals surface area contributed by atoms with Crippen LogP contribution in [0.2, 0.25) is 0 Å². The molecule has 4 unspecified atom stereocenters. The van der Waals surface area contributed by atoms with Crippen LogP contribution in [0.15, 0.2) is 18.2 Å². The summed E-state index contributed by atoms with van der Waals surface area (Å²) in [6.45, 7) is 19.8. The lowest BCUT2D eigenvalue weighted by Crippen LogP contribution is -2.56. The fourth-order valence-electron chi connectivity index (χ4n) is 4.32. The fourth-order valence-corrected chi connectivity index (χ4v) is 4.32. The molecule has 0 aliphatic carbocycles. The van der Waals surface area contributed by atoms with Crippen molar-refractivity contribution in [2.45, 2.75) is 125 Å². The predicted octanol–water partition coefficient (Wildman–Crippen LogP) is 6.22. The largest absolute Gasteiger partial charge is 0.444 e. The number of nitrogens with zero attached hydrogens (tertiary/aromatic N) is 1. The SMILES string of the molecule is CCCCN(C(=O)C(NC(=O)OC(C)(C)C)C(C)CC)C(C(=O)NC(C)CCC)c1cc(C)ccc1C. The summed E-state index contributed by atoms with van der Waals surface area (Å²) in [4.78, 5) is 42.5. The summed E-state index contributed by atoms with van der Waals surface area (Å²) in [5, 5.41) is 5.98. The van der Waals surface area contributed by atoms with Crippen LogP contribution >= 0.6 is 0 Å². The molecule has 0 saturated carbocycles. The van der Waals surface area contributed by atoms with Crippen LogP contribution in [0, 0.1) is 19.8 Å². The Labute approximate surface area is 225 Å². The van der Waals surface area contributed by atoms with Gasteiger partial charge in [0, 0.05) is 12.6 Å². The standard InChI is InChI=1S/C30H51N3O4/c1-11-14-18-33(28(35)25(21(5)13-3)32-29(36)37-30(8,9)10)26(27(34)31-23(7)15-12-2)24-19-20(4)16-17-22(24)6/h16-17,19,21,23,25-26H,11-15,18H2,1-10H3,(H,31,34)(H,32,36). The number of carbonyl (C=O) groups is 3. The third kappa shape index (κ3) is 10.4. The highest BCUT2D eigenvalue weighted by molar-refractivity contribution is 5.92. The number of amides is 3. The van der Waals surface area contributed by atoms with Crippen LogP contribution in [0.1, 0.15) is 110 Å². The van der Waals surface area contributed by atoms with E-state index >= 15 is 0 Å². The van der Waals surface area contributed by atoms with Gasteiger partial charge in [-0.15, -0.1) is 0 Å². The zero-order valence-electron chi connectivity index (χ0n) is 24.9. The number of hydrogen-bond acceptors (Lipinski definition) is 4. The highest BCUT2D eigenvalue weighted by Crippen LogP contribution is 2.28. The third-order valence-electron chi connectivity index (χ3n) is 6.59. The Kier molecular flexibility index (Phi) is 13.2. The minimum absolute atomic E-state index is 0.0153. The monoisotopic (exact) mass is 517 g/mol. The number of ether oxygens (including phenoxy) is 1. The summed E-state index contributed by atoms with van der Waals surface area (Å²) in [5.74, 6) is -0.609. The van der Waals surface area contributed by atoms with E-state index < -0.39 is 23.8 Å². The van der Waals surface area contributed by atoms with Crippen LogP contribution in [-0.4, -0.2) is 47.0 Å². The molecule has 1 aromatic rings. The van der Waals surface area contributed by atoms with Crippen LogP contribution in [0.5, 0.6) is 0 Å². The van der Waals surface area contributed by atoms with Gasteiger partial charge in [0.15, 0.2) is 0 Å². The van der Waals surface area contributed by atoms with E-state index in [0.29, 0.717) is 13.0 Å². The van der Waals surface area contributed by atoms with Crippen molar-refractivity contribution in [3.05, 3.63) is 34.9 Å². The number of carbonyl (C=O) groups excluding carboxylic acids is 3. The third-order valence-corrected chi connectivity index (χ3v) is 6.59. The van der Waals surface area contributed by atoms with Crippen molar-refractivity contribution in [2.24, 2.45) is 5.92 Å². The first-order chi connectivity index (χ1) is 17.2. The number of hydrogen-bond donors (Lipinski definition) is 2. The fraction of sp³-hybridized carbons (Fsp3) is 0.700. The van der Waals surface area contributed by atoms with Crippen molar-refractivity contribution in [2.75, 3.05) is 6.54 Å². The number of rotatable bonds is 13. The first kappa shape index (κ1) is 32.5. The normalized spacial score (nSPS) is 14.8. The van der Waals surface area contributed by atoms with E-state index in [2.05, 4.69) is 24.5 Å². The number of benzene rings is 1. The molecule has 3 amide bonds. The first-order valence-corrected chi connectivity index (χ1v) is 13.9. The summed E-state index contributed by atoms with van der Waals surface area (Å²) >= 11 is 0. The van der Waals surface area contributed by atoms with Crippen molar-refractivity contribution in [3.8, 4) is 0 Å². The second-order valence-electron chi connectivity index (χ2n) is 11.4. The molecule has 1 aromatic carbocycles. The van der Waals surface area contributed by atoms with E-state index in [1.807, 2.05) is 52.8 Å². The molecule has 0 bridgehead atoms. The maximum atomic E-state index is 14.3. The Balaban J connectivity index is 3.59. The molecular formula is C30H51N3O4. The van der Waals surface area contributed by atoms with Gasteiger partial charge in [0.25, 0.3) is 0 Å². The van der Waals surface area contributed by atoms with Gasteiger partial charge in [0.05, 0.1) is 0 Å². The molecule has 0 fully saturated rings. The second-order valence-corrected chi connectivity index (χ2v) is 11.4. The zero-order valence-corrected chi connectivity index (χ0v) is 24.9. The summed E-state index contributed by atoms with van der Waals surface area (Å²) < 4.78 is 5.48. The van der Waals surface area contributed by atoms with Crippen molar-refractivity contribution in [3.63, 3.8) is 0 Å². The smallest absolute Gasteiger partial charge is 0.408 e. The van der Waals surface area contributed by atoms with Crippen molar-refractivity contribution in [1.82, 2.24) is 15.5 Å². The maximum absolute atomic E-state index is 14.3. The molecule has 0 aliphatic heterocycles. The quantitative estimate of drug-likeness (QED) is 0.325. The molecule has 2 N–H and O–H groups in total. The van der Waals surface area contributed by atoms with Gasteiger partial charge in [-0.3, -0.25) is 9.59 Å². The Morgan fingerprint density at radius 1 is 1.00 bits per heavy atom. The number of alkyl carbamates (subject to hydrolysis) is 1. The number of nitrogens with one attached hydrogen (secondary N) is 2. The van der Waals surface area contributed by atoms with E-state index in [1.54, 1.807) is 25.7 Å². The van der Waals surface area contributed by atoms with E-state index in [-0.39, 0.29) is 23.8 Å².